The van der Waals surface area contributed by atoms with Gasteiger partial charge in [0, 0.05) is 11.8 Å². The van der Waals surface area contributed by atoms with E-state index in [2.05, 4.69) is 9.97 Å². The largest absolute Gasteiger partial charge is 0.394 e. The third-order valence-electron chi connectivity index (χ3n) is 4.91. The zero-order valence-corrected chi connectivity index (χ0v) is 14.1. The summed E-state index contributed by atoms with van der Waals surface area (Å²) < 4.78 is 7.37. The molecule has 1 saturated heterocycles. The van der Waals surface area contributed by atoms with Crippen LogP contribution in [-0.2, 0) is 4.74 Å². The minimum Gasteiger partial charge on any atom is -0.394 e. The number of aromatic nitrogens is 3. The Morgan fingerprint density at radius 2 is 2.00 bits per heavy atom. The van der Waals surface area contributed by atoms with Gasteiger partial charge in [-0.15, -0.1) is 0 Å². The van der Waals surface area contributed by atoms with Crippen LogP contribution < -0.4 is 5.73 Å². The minimum atomic E-state index is -1.62. The molecule has 0 saturated carbocycles. The predicted octanol–water partition coefficient (Wildman–Crippen LogP) is 0.682. The van der Waals surface area contributed by atoms with Crippen molar-refractivity contribution in [1.82, 2.24) is 14.5 Å². The average molecular weight is 356 g/mol. The summed E-state index contributed by atoms with van der Waals surface area (Å²) in [6.45, 7) is 1.06. The molecule has 0 radical (unpaired) electrons. The molecule has 0 amide bonds. The number of rotatable bonds is 3. The molecule has 1 fully saturated rings. The highest BCUT2D eigenvalue weighted by atomic mass is 16.6. The number of anilines is 1. The van der Waals surface area contributed by atoms with Gasteiger partial charge >= 0.3 is 0 Å². The Kier molecular flexibility index (Phi) is 3.92. The van der Waals surface area contributed by atoms with Gasteiger partial charge in [0.25, 0.3) is 0 Å². The average Bonchev–Trinajstić information content (AvgIpc) is 3.13. The number of nitrogens with zero attached hydrogens (tertiary/aromatic N) is 3. The second-order valence-corrected chi connectivity index (χ2v) is 6.65. The standard InChI is InChI=1S/C18H20N4O4/c1-18(25)14(24)12(8-23)26-17(18)22-7-11(10-5-3-2-4-6-10)13-15(19)20-9-21-16(13)22/h2-7,9,12,14,17,23-25H,8H2,1H3,(H2,19,20,21)/t12?,14-,17+,18?/m0/s1. The van der Waals surface area contributed by atoms with Crippen LogP contribution in [-0.4, -0.2) is 54.3 Å². The van der Waals surface area contributed by atoms with Crippen LogP contribution in [0.3, 0.4) is 0 Å². The SMILES string of the molecule is CC1(O)[C@@H](O)C(CO)O[C@H]1n1cc(-c2ccccc2)c2c(N)ncnc21. The number of hydrogen-bond acceptors (Lipinski definition) is 7. The van der Waals surface area contributed by atoms with Gasteiger partial charge in [0.05, 0.1) is 12.0 Å². The van der Waals surface area contributed by atoms with Gasteiger partial charge in [-0.2, -0.15) is 0 Å². The quantitative estimate of drug-likeness (QED) is 0.543. The number of hydrogen-bond donors (Lipinski definition) is 4. The molecule has 0 spiro atoms. The maximum absolute atomic E-state index is 10.8. The van der Waals surface area contributed by atoms with Gasteiger partial charge in [-0.3, -0.25) is 0 Å². The molecule has 1 aromatic carbocycles. The van der Waals surface area contributed by atoms with Crippen molar-refractivity contribution in [3.63, 3.8) is 0 Å². The van der Waals surface area contributed by atoms with E-state index in [1.165, 1.54) is 13.3 Å². The van der Waals surface area contributed by atoms with Gasteiger partial charge in [-0.1, -0.05) is 30.3 Å². The fraction of sp³-hybridized carbons (Fsp3) is 0.333. The first-order valence-electron chi connectivity index (χ1n) is 8.28. The molecule has 3 aromatic rings. The Morgan fingerprint density at radius 1 is 1.27 bits per heavy atom. The van der Waals surface area contributed by atoms with Crippen LogP contribution in [0.1, 0.15) is 13.2 Å². The topological polar surface area (TPSA) is 127 Å². The van der Waals surface area contributed by atoms with E-state index in [0.717, 1.165) is 11.1 Å². The van der Waals surface area contributed by atoms with Crippen LogP contribution in [0.25, 0.3) is 22.2 Å². The van der Waals surface area contributed by atoms with Gasteiger partial charge in [0.15, 0.2) is 6.23 Å². The Balaban J connectivity index is 1.94. The minimum absolute atomic E-state index is 0.310. The van der Waals surface area contributed by atoms with E-state index in [1.807, 2.05) is 30.3 Å². The highest BCUT2D eigenvalue weighted by Gasteiger charge is 2.53. The summed E-state index contributed by atoms with van der Waals surface area (Å²) in [7, 11) is 0. The third-order valence-corrected chi connectivity index (χ3v) is 4.91. The predicted molar refractivity (Wildman–Crippen MR) is 95.0 cm³/mol. The molecule has 26 heavy (non-hydrogen) atoms. The van der Waals surface area contributed by atoms with Crippen molar-refractivity contribution in [3.05, 3.63) is 42.9 Å². The van der Waals surface area contributed by atoms with Crippen molar-refractivity contribution >= 4 is 16.9 Å². The fourth-order valence-corrected chi connectivity index (χ4v) is 3.51. The van der Waals surface area contributed by atoms with E-state index >= 15 is 0 Å². The molecule has 0 bridgehead atoms. The zero-order valence-electron chi connectivity index (χ0n) is 14.1. The summed E-state index contributed by atoms with van der Waals surface area (Å²) in [5.74, 6) is 0.310. The maximum atomic E-state index is 10.8. The smallest absolute Gasteiger partial charge is 0.167 e. The molecule has 4 atom stereocenters. The van der Waals surface area contributed by atoms with Crippen LogP contribution in [0.4, 0.5) is 5.82 Å². The normalized spacial score (nSPS) is 28.7. The van der Waals surface area contributed by atoms with Crippen LogP contribution in [0.15, 0.2) is 42.9 Å². The zero-order chi connectivity index (χ0) is 18.5. The van der Waals surface area contributed by atoms with E-state index in [1.54, 1.807) is 10.8 Å². The summed E-state index contributed by atoms with van der Waals surface area (Å²) >= 11 is 0. The third kappa shape index (κ3) is 2.38. The molecule has 2 unspecified atom stereocenters. The lowest BCUT2D eigenvalue weighted by Gasteiger charge is -2.27. The number of aliphatic hydroxyl groups excluding tert-OH is 2. The molecule has 8 heteroatoms. The summed E-state index contributed by atoms with van der Waals surface area (Å²) in [6, 6.07) is 9.60. The Bertz CT molecular complexity index is 941. The van der Waals surface area contributed by atoms with Crippen molar-refractivity contribution < 1.29 is 20.1 Å². The van der Waals surface area contributed by atoms with E-state index < -0.39 is 30.6 Å². The first kappa shape index (κ1) is 16.9. The molecule has 5 N–H and O–H groups in total. The molecular weight excluding hydrogens is 336 g/mol. The van der Waals surface area contributed by atoms with E-state index in [9.17, 15) is 15.3 Å². The number of fused-ring (bicyclic) bond motifs is 1. The van der Waals surface area contributed by atoms with E-state index in [4.69, 9.17) is 10.5 Å². The van der Waals surface area contributed by atoms with E-state index in [-0.39, 0.29) is 0 Å². The molecular formula is C18H20N4O4. The number of aliphatic hydroxyl groups is 3. The number of benzene rings is 1. The number of nitrogen functional groups attached to an aromatic ring is 1. The fourth-order valence-electron chi connectivity index (χ4n) is 3.51. The number of nitrogens with two attached hydrogens (primary N) is 1. The first-order chi connectivity index (χ1) is 12.4. The Morgan fingerprint density at radius 3 is 2.65 bits per heavy atom. The summed E-state index contributed by atoms with van der Waals surface area (Å²) in [4.78, 5) is 8.39. The van der Waals surface area contributed by atoms with Gasteiger partial charge in [-0.25, -0.2) is 9.97 Å². The van der Waals surface area contributed by atoms with Crippen molar-refractivity contribution in [1.29, 1.82) is 0 Å². The van der Waals surface area contributed by atoms with Crippen LogP contribution in [0, 0.1) is 0 Å². The highest BCUT2D eigenvalue weighted by Crippen LogP contribution is 2.42. The Labute approximate surface area is 149 Å². The van der Waals surface area contributed by atoms with Gasteiger partial charge in [0.1, 0.15) is 35.6 Å². The molecule has 1 aliphatic rings. The molecule has 136 valence electrons. The Hall–Kier alpha value is -2.52. The summed E-state index contributed by atoms with van der Waals surface area (Å²) in [5, 5.41) is 31.2. The molecule has 3 heterocycles. The molecule has 4 rings (SSSR count). The molecule has 1 aliphatic heterocycles. The van der Waals surface area contributed by atoms with Crippen LogP contribution in [0.5, 0.6) is 0 Å². The van der Waals surface area contributed by atoms with Crippen molar-refractivity contribution in [2.45, 2.75) is 31.0 Å². The first-order valence-corrected chi connectivity index (χ1v) is 8.28. The lowest BCUT2D eigenvalue weighted by Crippen LogP contribution is -2.44. The van der Waals surface area contributed by atoms with Gasteiger partial charge in [0.2, 0.25) is 0 Å². The molecule has 2 aromatic heterocycles. The number of ether oxygens (including phenoxy) is 1. The monoisotopic (exact) mass is 356 g/mol. The van der Waals surface area contributed by atoms with Crippen molar-refractivity contribution in [2.75, 3.05) is 12.3 Å². The maximum Gasteiger partial charge on any atom is 0.167 e. The van der Waals surface area contributed by atoms with Crippen LogP contribution in [0.2, 0.25) is 0 Å². The summed E-state index contributed by atoms with van der Waals surface area (Å²) in [6.07, 6.45) is 0.0356. The molecule has 0 aliphatic carbocycles. The lowest BCUT2D eigenvalue weighted by molar-refractivity contribution is -0.0948. The second kappa shape index (κ2) is 6.03. The van der Waals surface area contributed by atoms with Crippen molar-refractivity contribution in [2.24, 2.45) is 0 Å². The highest BCUT2D eigenvalue weighted by molar-refractivity contribution is 6.00. The van der Waals surface area contributed by atoms with Gasteiger partial charge in [-0.05, 0) is 12.5 Å². The van der Waals surface area contributed by atoms with E-state index in [0.29, 0.717) is 16.9 Å². The molecule has 8 nitrogen and oxygen atoms in total. The summed E-state index contributed by atoms with van der Waals surface area (Å²) in [5.41, 5.74) is 6.66. The second-order valence-electron chi connectivity index (χ2n) is 6.65. The van der Waals surface area contributed by atoms with Crippen molar-refractivity contribution in [3.8, 4) is 11.1 Å². The lowest BCUT2D eigenvalue weighted by atomic mass is 9.96. The van der Waals surface area contributed by atoms with Crippen LogP contribution >= 0.6 is 0 Å². The van der Waals surface area contributed by atoms with Gasteiger partial charge < -0.3 is 30.4 Å².